The number of nitrogens with zero attached hydrogens (tertiary/aromatic N) is 5. The number of aryl methyl sites for hydroxylation is 1. The van der Waals surface area contributed by atoms with Gasteiger partial charge in [-0.1, -0.05) is 23.2 Å². The summed E-state index contributed by atoms with van der Waals surface area (Å²) in [5, 5.41) is 5.81. The van der Waals surface area contributed by atoms with Crippen LogP contribution in [-0.4, -0.2) is 80.4 Å². The number of halogens is 2. The van der Waals surface area contributed by atoms with E-state index in [1.165, 1.54) is 6.20 Å². The molecule has 3 aliphatic rings. The molecule has 2 saturated heterocycles. The molecule has 2 atom stereocenters. The van der Waals surface area contributed by atoms with Gasteiger partial charge in [-0.15, -0.1) is 0 Å². The molecule has 2 aromatic carbocycles. The number of primary amides is 1. The lowest BCUT2D eigenvalue weighted by Crippen LogP contribution is -2.71. The Kier molecular flexibility index (Phi) is 7.87. The average molecular weight is 690 g/mol. The fourth-order valence-electron chi connectivity index (χ4n) is 6.95. The molecule has 4 heterocycles. The Bertz CT molecular complexity index is 1970. The topological polar surface area (TPSA) is 133 Å². The highest BCUT2D eigenvalue weighted by atomic mass is 35.5. The van der Waals surface area contributed by atoms with Crippen molar-refractivity contribution in [3.05, 3.63) is 81.2 Å². The van der Waals surface area contributed by atoms with Gasteiger partial charge >= 0.3 is 6.09 Å². The van der Waals surface area contributed by atoms with Crippen LogP contribution in [0.4, 0.5) is 4.79 Å². The van der Waals surface area contributed by atoms with E-state index in [-0.39, 0.29) is 29.6 Å². The minimum atomic E-state index is -0.606. The number of likely N-dealkylation sites (tertiary alicyclic amines) is 2. The second-order valence-corrected chi connectivity index (χ2v) is 14.3. The quantitative estimate of drug-likeness (QED) is 0.274. The fraction of sp³-hybridized carbons (Fsp3) is 0.343. The fourth-order valence-corrected chi connectivity index (χ4v) is 7.46. The number of methoxy groups -OCH3 is 1. The molecule has 2 fully saturated rings. The van der Waals surface area contributed by atoms with E-state index in [2.05, 4.69) is 4.98 Å². The lowest BCUT2D eigenvalue weighted by atomic mass is 9.84. The van der Waals surface area contributed by atoms with Crippen molar-refractivity contribution in [2.45, 2.75) is 57.7 Å². The number of hydrogen-bond donors (Lipinski definition) is 1. The number of rotatable bonds is 5. The minimum absolute atomic E-state index is 0.137. The largest absolute Gasteiger partial charge is 0.496 e. The smallest absolute Gasteiger partial charge is 0.410 e. The van der Waals surface area contributed by atoms with Crippen molar-refractivity contribution in [2.24, 2.45) is 5.73 Å². The van der Waals surface area contributed by atoms with Gasteiger partial charge in [0.05, 0.1) is 36.1 Å². The zero-order valence-electron chi connectivity index (χ0n) is 26.9. The molecule has 0 radical (unpaired) electrons. The Hall–Kier alpha value is -4.61. The third kappa shape index (κ3) is 5.64. The van der Waals surface area contributed by atoms with Gasteiger partial charge in [0.2, 0.25) is 5.91 Å². The van der Waals surface area contributed by atoms with Crippen LogP contribution in [0.5, 0.6) is 5.75 Å². The van der Waals surface area contributed by atoms with Crippen LogP contribution in [0.15, 0.2) is 48.8 Å². The van der Waals surface area contributed by atoms with Crippen molar-refractivity contribution in [3.8, 4) is 33.8 Å². The summed E-state index contributed by atoms with van der Waals surface area (Å²) in [6, 6.07) is 10.5. The van der Waals surface area contributed by atoms with Crippen molar-refractivity contribution < 1.29 is 23.9 Å². The van der Waals surface area contributed by atoms with Gasteiger partial charge in [-0.05, 0) is 82.0 Å². The highest BCUT2D eigenvalue weighted by Gasteiger charge is 2.50. The Balaban J connectivity index is 1.32. The van der Waals surface area contributed by atoms with Gasteiger partial charge in [-0.25, -0.2) is 9.48 Å². The summed E-state index contributed by atoms with van der Waals surface area (Å²) in [5.41, 5.74) is 10.9. The van der Waals surface area contributed by atoms with E-state index in [4.69, 9.17) is 43.5 Å². The summed E-state index contributed by atoms with van der Waals surface area (Å²) in [7, 11) is 1.59. The number of aromatic nitrogens is 3. The Labute approximate surface area is 287 Å². The number of hydrogen-bond acceptors (Lipinski definition) is 7. The summed E-state index contributed by atoms with van der Waals surface area (Å²) in [6.45, 7) is 6.31. The third-order valence-corrected chi connectivity index (χ3v) is 9.45. The number of carbonyl (C=O) groups excluding carboxylic acids is 3. The summed E-state index contributed by atoms with van der Waals surface area (Å²) >= 11 is 12.9. The van der Waals surface area contributed by atoms with E-state index in [1.807, 2.05) is 37.8 Å². The normalized spacial score (nSPS) is 18.0. The van der Waals surface area contributed by atoms with E-state index in [1.54, 1.807) is 47.2 Å². The highest BCUT2D eigenvalue weighted by molar-refractivity contribution is 6.34. The number of ether oxygens (including phenoxy) is 2. The Morgan fingerprint density at radius 1 is 0.938 bits per heavy atom. The van der Waals surface area contributed by atoms with Crippen LogP contribution >= 0.6 is 23.2 Å². The number of pyridine rings is 1. The van der Waals surface area contributed by atoms with Gasteiger partial charge in [0.15, 0.2) is 5.69 Å². The Morgan fingerprint density at radius 2 is 1.65 bits per heavy atom. The van der Waals surface area contributed by atoms with Crippen LogP contribution < -0.4 is 10.5 Å². The van der Waals surface area contributed by atoms with E-state index in [9.17, 15) is 14.4 Å². The van der Waals surface area contributed by atoms with Crippen LogP contribution in [0, 0.1) is 0 Å². The summed E-state index contributed by atoms with van der Waals surface area (Å²) < 4.78 is 13.1. The molecular weight excluding hydrogens is 655 g/mol. The number of carbonyl (C=O) groups is 3. The second-order valence-electron chi connectivity index (χ2n) is 13.4. The first-order valence-corrected chi connectivity index (χ1v) is 16.4. The number of piperidine rings is 1. The zero-order chi connectivity index (χ0) is 34.1. The van der Waals surface area contributed by atoms with Crippen LogP contribution in [-0.2, 0) is 17.6 Å². The molecule has 48 heavy (non-hydrogen) atoms. The molecule has 11 nitrogen and oxygen atoms in total. The molecule has 1 aliphatic carbocycles. The van der Waals surface area contributed by atoms with E-state index in [0.29, 0.717) is 64.2 Å². The molecule has 2 N–H and O–H groups in total. The van der Waals surface area contributed by atoms with Crippen LogP contribution in [0.25, 0.3) is 28.1 Å². The zero-order valence-corrected chi connectivity index (χ0v) is 28.4. The number of amides is 3. The molecule has 2 aliphatic heterocycles. The van der Waals surface area contributed by atoms with Crippen molar-refractivity contribution in [2.75, 3.05) is 20.2 Å². The predicted octanol–water partition coefficient (Wildman–Crippen LogP) is 5.95. The van der Waals surface area contributed by atoms with Crippen molar-refractivity contribution in [3.63, 3.8) is 0 Å². The van der Waals surface area contributed by atoms with E-state index >= 15 is 0 Å². The van der Waals surface area contributed by atoms with Crippen molar-refractivity contribution in [1.29, 1.82) is 0 Å². The predicted molar refractivity (Wildman–Crippen MR) is 181 cm³/mol. The first kappa shape index (κ1) is 32.0. The van der Waals surface area contributed by atoms with Crippen LogP contribution in [0.3, 0.4) is 0 Å². The maximum Gasteiger partial charge on any atom is 0.410 e. The van der Waals surface area contributed by atoms with Gasteiger partial charge < -0.3 is 25.0 Å². The van der Waals surface area contributed by atoms with Gasteiger partial charge in [0.25, 0.3) is 5.91 Å². The molecule has 248 valence electrons. The molecule has 13 heteroatoms. The maximum absolute atomic E-state index is 14.4. The van der Waals surface area contributed by atoms with Crippen molar-refractivity contribution >= 4 is 41.1 Å². The molecular formula is C35H34Cl2N6O5. The molecule has 0 saturated carbocycles. The van der Waals surface area contributed by atoms with Gasteiger partial charge in [0, 0.05) is 57.8 Å². The first-order chi connectivity index (χ1) is 22.8. The molecule has 2 bridgehead atoms. The lowest BCUT2D eigenvalue weighted by molar-refractivity contribution is -0.0561. The van der Waals surface area contributed by atoms with E-state index in [0.717, 1.165) is 28.8 Å². The highest BCUT2D eigenvalue weighted by Crippen LogP contribution is 2.44. The van der Waals surface area contributed by atoms with Gasteiger partial charge in [-0.3, -0.25) is 14.6 Å². The van der Waals surface area contributed by atoms with Gasteiger partial charge in [-0.2, -0.15) is 5.10 Å². The molecule has 0 spiro atoms. The molecule has 2 aromatic heterocycles. The monoisotopic (exact) mass is 688 g/mol. The average Bonchev–Trinajstić information content (AvgIpc) is 3.43. The standard InChI is InChI=1S/C35H34Cl2N6O5/c1-35(2,3)48-34(46)41-16-24-12-25(17-41)42(24)33(45)30-26-6-5-18-8-29(47-4)27(19-7-20(32(38)44)15-39-14-19)13-28(18)31(26)43(40-30)23-10-21(36)9-22(37)11-23/h7-11,13-15,24-25H,5-6,12,16-17H2,1-4H3,(H2,38,44). The minimum Gasteiger partial charge on any atom is -0.496 e. The number of piperazine rings is 1. The Morgan fingerprint density at radius 3 is 2.29 bits per heavy atom. The summed E-state index contributed by atoms with van der Waals surface area (Å²) in [6.07, 6.45) is 4.70. The maximum atomic E-state index is 14.4. The molecule has 7 rings (SSSR count). The summed E-state index contributed by atoms with van der Waals surface area (Å²) in [5.74, 6) is -0.164. The first-order valence-electron chi connectivity index (χ1n) is 15.7. The number of benzene rings is 2. The lowest BCUT2D eigenvalue weighted by Gasteiger charge is -2.55. The number of nitrogens with two attached hydrogens (primary N) is 1. The SMILES string of the molecule is COc1cc2c(cc1-c1cncc(C(N)=O)c1)-c1c(c(C(=O)N3C4CC3CN(C(=O)OC(C)(C)C)C4)nn1-c1cc(Cl)cc(Cl)c1)CC2. The molecule has 2 unspecified atom stereocenters. The van der Waals surface area contributed by atoms with Crippen LogP contribution in [0.1, 0.15) is 59.2 Å². The van der Waals surface area contributed by atoms with Gasteiger partial charge in [0.1, 0.15) is 11.4 Å². The van der Waals surface area contributed by atoms with E-state index < -0.39 is 11.5 Å². The molecule has 3 amide bonds. The molecule has 4 aromatic rings. The third-order valence-electron chi connectivity index (χ3n) is 9.02. The van der Waals surface area contributed by atoms with Crippen LogP contribution in [0.2, 0.25) is 10.0 Å². The number of fused-ring (bicyclic) bond motifs is 5. The van der Waals surface area contributed by atoms with Crippen molar-refractivity contribution in [1.82, 2.24) is 24.6 Å². The summed E-state index contributed by atoms with van der Waals surface area (Å²) in [4.78, 5) is 46.9. The second kappa shape index (κ2) is 11.8.